The van der Waals surface area contributed by atoms with Gasteiger partial charge in [-0.25, -0.2) is 0 Å². The van der Waals surface area contributed by atoms with Gasteiger partial charge in [0.1, 0.15) is 5.75 Å². The molecule has 0 aromatic heterocycles. The molecule has 1 saturated heterocycles. The summed E-state index contributed by atoms with van der Waals surface area (Å²) < 4.78 is 5.20. The molecule has 3 atom stereocenters. The Bertz CT molecular complexity index is 1020. The Balaban J connectivity index is 1.47. The molecule has 2 fully saturated rings. The van der Waals surface area contributed by atoms with Gasteiger partial charge in [0.2, 0.25) is 5.91 Å². The monoisotopic (exact) mass is 402 g/mol. The SMILES string of the molecule is COc1ccc(C#Cc2ccc3c(c2)[C@H]2[C@H](CCN2C(=O)C2CC2)[C@H](CO)N3)cc1. The van der Waals surface area contributed by atoms with Crippen molar-refractivity contribution in [3.8, 4) is 17.6 Å². The normalized spacial score (nSPS) is 24.2. The number of likely N-dealkylation sites (tertiary alicyclic amines) is 1. The van der Waals surface area contributed by atoms with Crippen LogP contribution in [-0.4, -0.2) is 42.2 Å². The van der Waals surface area contributed by atoms with Gasteiger partial charge < -0.3 is 20.1 Å². The number of fused-ring (bicyclic) bond motifs is 3. The molecule has 1 aliphatic carbocycles. The van der Waals surface area contributed by atoms with E-state index in [4.69, 9.17) is 4.74 Å². The minimum atomic E-state index is -0.0178. The van der Waals surface area contributed by atoms with Crippen LogP contribution in [0.2, 0.25) is 0 Å². The van der Waals surface area contributed by atoms with E-state index in [2.05, 4.69) is 28.1 Å². The summed E-state index contributed by atoms with van der Waals surface area (Å²) in [6, 6.07) is 13.8. The van der Waals surface area contributed by atoms with Crippen LogP contribution < -0.4 is 10.1 Å². The number of hydrogen-bond donors (Lipinski definition) is 2. The number of ether oxygens (including phenoxy) is 1. The topological polar surface area (TPSA) is 61.8 Å². The number of aliphatic hydroxyl groups is 1. The third kappa shape index (κ3) is 3.42. The van der Waals surface area contributed by atoms with Gasteiger partial charge in [-0.3, -0.25) is 4.79 Å². The Hall–Kier alpha value is -2.97. The maximum atomic E-state index is 12.9. The Labute approximate surface area is 177 Å². The van der Waals surface area contributed by atoms with Gasteiger partial charge in [0.15, 0.2) is 0 Å². The molecular weight excluding hydrogens is 376 g/mol. The fraction of sp³-hybridized carbons (Fsp3) is 0.400. The van der Waals surface area contributed by atoms with Crippen molar-refractivity contribution in [1.29, 1.82) is 0 Å². The summed E-state index contributed by atoms with van der Waals surface area (Å²) >= 11 is 0. The highest BCUT2D eigenvalue weighted by Gasteiger charge is 2.48. The smallest absolute Gasteiger partial charge is 0.226 e. The van der Waals surface area contributed by atoms with Crippen LogP contribution in [-0.2, 0) is 4.79 Å². The highest BCUT2D eigenvalue weighted by atomic mass is 16.5. The molecule has 30 heavy (non-hydrogen) atoms. The van der Waals surface area contributed by atoms with E-state index in [0.717, 1.165) is 53.9 Å². The number of rotatable bonds is 3. The third-order valence-corrected chi connectivity index (χ3v) is 6.52. The van der Waals surface area contributed by atoms with Crippen LogP contribution in [0.4, 0.5) is 5.69 Å². The van der Waals surface area contributed by atoms with E-state index in [1.54, 1.807) is 7.11 Å². The van der Waals surface area contributed by atoms with Crippen LogP contribution in [0.5, 0.6) is 5.75 Å². The molecule has 2 N–H and O–H groups in total. The summed E-state index contributed by atoms with van der Waals surface area (Å²) in [6.07, 6.45) is 2.94. The van der Waals surface area contributed by atoms with Crippen LogP contribution in [0.3, 0.4) is 0 Å². The van der Waals surface area contributed by atoms with Gasteiger partial charge in [-0.15, -0.1) is 0 Å². The van der Waals surface area contributed by atoms with E-state index in [-0.39, 0.29) is 36.4 Å². The predicted octanol–water partition coefficient (Wildman–Crippen LogP) is 3.18. The van der Waals surface area contributed by atoms with Gasteiger partial charge in [0.25, 0.3) is 0 Å². The highest BCUT2D eigenvalue weighted by Crippen LogP contribution is 2.48. The Morgan fingerprint density at radius 3 is 2.57 bits per heavy atom. The van der Waals surface area contributed by atoms with Gasteiger partial charge in [0.05, 0.1) is 25.8 Å². The predicted molar refractivity (Wildman–Crippen MR) is 115 cm³/mol. The molecule has 5 nitrogen and oxygen atoms in total. The first kappa shape index (κ1) is 19.0. The van der Waals surface area contributed by atoms with Gasteiger partial charge >= 0.3 is 0 Å². The van der Waals surface area contributed by atoms with Crippen molar-refractivity contribution in [3.63, 3.8) is 0 Å². The van der Waals surface area contributed by atoms with Crippen LogP contribution in [0.15, 0.2) is 42.5 Å². The number of aliphatic hydroxyl groups excluding tert-OH is 1. The summed E-state index contributed by atoms with van der Waals surface area (Å²) in [4.78, 5) is 15.0. The number of hydrogen-bond acceptors (Lipinski definition) is 4. The van der Waals surface area contributed by atoms with E-state index in [1.807, 2.05) is 36.4 Å². The molecule has 0 radical (unpaired) electrons. The number of amides is 1. The lowest BCUT2D eigenvalue weighted by atomic mass is 9.82. The van der Waals surface area contributed by atoms with Crippen LogP contribution in [0, 0.1) is 23.7 Å². The van der Waals surface area contributed by atoms with E-state index in [0.29, 0.717) is 0 Å². The second-order valence-electron chi connectivity index (χ2n) is 8.42. The lowest BCUT2D eigenvalue weighted by Gasteiger charge is -2.39. The first-order valence-electron chi connectivity index (χ1n) is 10.7. The van der Waals surface area contributed by atoms with Crippen molar-refractivity contribution < 1.29 is 14.6 Å². The molecule has 0 unspecified atom stereocenters. The molecule has 5 rings (SSSR count). The molecule has 154 valence electrons. The summed E-state index contributed by atoms with van der Waals surface area (Å²) in [6.45, 7) is 0.842. The Morgan fingerprint density at radius 2 is 1.87 bits per heavy atom. The standard InChI is InChI=1S/C25H26N2O3/c1-30-19-9-4-16(5-10-19)2-3-17-6-11-22-21(14-17)24-20(23(15-28)26-22)12-13-27(24)25(29)18-7-8-18/h4-6,9-11,14,18,20,23-24,26,28H,7-8,12-13,15H2,1H3/t20-,23+,24-/m1/s1. The van der Waals surface area contributed by atoms with Gasteiger partial charge in [0, 0.05) is 35.2 Å². The van der Waals surface area contributed by atoms with Crippen LogP contribution >= 0.6 is 0 Å². The minimum absolute atomic E-state index is 0.0178. The minimum Gasteiger partial charge on any atom is -0.497 e. The van der Waals surface area contributed by atoms with Crippen molar-refractivity contribution >= 4 is 11.6 Å². The Kier molecular flexibility index (Phi) is 4.88. The molecule has 2 heterocycles. The molecule has 0 bridgehead atoms. The zero-order valence-electron chi connectivity index (χ0n) is 17.1. The quantitative estimate of drug-likeness (QED) is 0.774. The second-order valence-corrected chi connectivity index (χ2v) is 8.42. The van der Waals surface area contributed by atoms with Crippen molar-refractivity contribution in [2.24, 2.45) is 11.8 Å². The third-order valence-electron chi connectivity index (χ3n) is 6.52. The van der Waals surface area contributed by atoms with Crippen molar-refractivity contribution in [2.75, 3.05) is 25.6 Å². The van der Waals surface area contributed by atoms with Gasteiger partial charge in [-0.1, -0.05) is 11.8 Å². The van der Waals surface area contributed by atoms with Crippen molar-refractivity contribution in [1.82, 2.24) is 4.90 Å². The number of nitrogens with one attached hydrogen (secondary N) is 1. The fourth-order valence-electron chi connectivity index (χ4n) is 4.77. The highest BCUT2D eigenvalue weighted by molar-refractivity contribution is 5.82. The maximum Gasteiger partial charge on any atom is 0.226 e. The van der Waals surface area contributed by atoms with E-state index < -0.39 is 0 Å². The van der Waals surface area contributed by atoms with Crippen molar-refractivity contribution in [2.45, 2.75) is 31.3 Å². The number of carbonyl (C=O) groups is 1. The zero-order chi connectivity index (χ0) is 20.7. The molecule has 5 heteroatoms. The lowest BCUT2D eigenvalue weighted by Crippen LogP contribution is -2.43. The summed E-state index contributed by atoms with van der Waals surface area (Å²) in [5, 5.41) is 13.4. The van der Waals surface area contributed by atoms with Gasteiger partial charge in [-0.05, 0) is 67.3 Å². The molecule has 1 amide bonds. The maximum absolute atomic E-state index is 12.9. The summed E-state index contributed by atoms with van der Waals surface area (Å²) in [5.41, 5.74) is 3.98. The first-order chi connectivity index (χ1) is 14.7. The van der Waals surface area contributed by atoms with Gasteiger partial charge in [-0.2, -0.15) is 0 Å². The molecule has 3 aliphatic rings. The molecule has 0 spiro atoms. The average molecular weight is 402 g/mol. The van der Waals surface area contributed by atoms with E-state index in [9.17, 15) is 9.90 Å². The Morgan fingerprint density at radius 1 is 1.13 bits per heavy atom. The van der Waals surface area contributed by atoms with E-state index >= 15 is 0 Å². The molecular formula is C25H26N2O3. The molecule has 2 aliphatic heterocycles. The number of methoxy groups -OCH3 is 1. The second kappa shape index (κ2) is 7.70. The molecule has 2 aromatic carbocycles. The molecule has 2 aromatic rings. The largest absolute Gasteiger partial charge is 0.497 e. The average Bonchev–Trinajstić information content (AvgIpc) is 3.55. The number of benzene rings is 2. The molecule has 1 saturated carbocycles. The van der Waals surface area contributed by atoms with Crippen LogP contribution in [0.25, 0.3) is 0 Å². The number of anilines is 1. The number of nitrogens with zero attached hydrogens (tertiary/aromatic N) is 1. The summed E-state index contributed by atoms with van der Waals surface area (Å²) in [5.74, 6) is 8.00. The lowest BCUT2D eigenvalue weighted by molar-refractivity contribution is -0.134. The number of carbonyl (C=O) groups excluding carboxylic acids is 1. The van der Waals surface area contributed by atoms with E-state index in [1.165, 1.54) is 0 Å². The summed E-state index contributed by atoms with van der Waals surface area (Å²) in [7, 11) is 1.65. The first-order valence-corrected chi connectivity index (χ1v) is 10.7. The zero-order valence-corrected chi connectivity index (χ0v) is 17.1. The fourth-order valence-corrected chi connectivity index (χ4v) is 4.77. The van der Waals surface area contributed by atoms with Crippen LogP contribution in [0.1, 0.15) is 42.0 Å². The van der Waals surface area contributed by atoms with Crippen molar-refractivity contribution in [3.05, 3.63) is 59.2 Å².